The zero-order valence-electron chi connectivity index (χ0n) is 9.68. The summed E-state index contributed by atoms with van der Waals surface area (Å²) in [5.41, 5.74) is 1.81. The monoisotopic (exact) mass is 318 g/mol. The Bertz CT molecular complexity index is 765. The third kappa shape index (κ3) is 1.96. The van der Waals surface area contributed by atoms with E-state index in [1.165, 1.54) is 12.1 Å². The van der Waals surface area contributed by atoms with E-state index >= 15 is 0 Å². The number of carbonyl (C=O) groups is 1. The van der Waals surface area contributed by atoms with Gasteiger partial charge in [0.15, 0.2) is 6.29 Å². The van der Waals surface area contributed by atoms with Crippen LogP contribution in [0.4, 0.5) is 4.39 Å². The van der Waals surface area contributed by atoms with Gasteiger partial charge in [-0.15, -0.1) is 0 Å². The third-order valence-electron chi connectivity index (χ3n) is 2.86. The molecule has 0 saturated carbocycles. The second-order valence-corrected chi connectivity index (χ2v) is 4.87. The number of aromatic nitrogens is 2. The summed E-state index contributed by atoms with van der Waals surface area (Å²) in [5, 5.41) is 0. The van der Waals surface area contributed by atoms with Gasteiger partial charge in [-0.2, -0.15) is 0 Å². The molecule has 3 aromatic rings. The number of nitrogens with zero attached hydrogens (tertiary/aromatic N) is 2. The first-order chi connectivity index (χ1) is 9.20. The predicted octanol–water partition coefficient (Wildman–Crippen LogP) is 3.72. The summed E-state index contributed by atoms with van der Waals surface area (Å²) >= 11 is 3.41. The first-order valence-electron chi connectivity index (χ1n) is 5.58. The van der Waals surface area contributed by atoms with E-state index in [9.17, 15) is 9.18 Å². The van der Waals surface area contributed by atoms with Gasteiger partial charge in [-0.25, -0.2) is 9.37 Å². The molecule has 0 aliphatic heterocycles. The zero-order chi connectivity index (χ0) is 13.4. The van der Waals surface area contributed by atoms with Gasteiger partial charge >= 0.3 is 0 Å². The molecule has 0 unspecified atom stereocenters. The molecule has 0 amide bonds. The number of hydrogen-bond acceptors (Lipinski definition) is 2. The number of hydrogen-bond donors (Lipinski definition) is 0. The molecule has 0 saturated heterocycles. The average molecular weight is 319 g/mol. The maximum absolute atomic E-state index is 13.0. The van der Waals surface area contributed by atoms with Crippen molar-refractivity contribution in [1.82, 2.24) is 9.38 Å². The van der Waals surface area contributed by atoms with Gasteiger partial charge in [0.2, 0.25) is 0 Å². The standard InChI is InChI=1S/C14H8BrFN2O/c15-11-2-1-7-18-13(11)12(8-19)17-14(18)9-3-5-10(16)6-4-9/h1-8H. The smallest absolute Gasteiger partial charge is 0.170 e. The lowest BCUT2D eigenvalue weighted by Gasteiger charge is -2.02. The molecular weight excluding hydrogens is 311 g/mol. The molecule has 94 valence electrons. The minimum Gasteiger partial charge on any atom is -0.298 e. The Morgan fingerprint density at radius 3 is 2.63 bits per heavy atom. The van der Waals surface area contributed by atoms with E-state index in [-0.39, 0.29) is 5.82 Å². The SMILES string of the molecule is O=Cc1nc(-c2ccc(F)cc2)n2cccc(Br)c12. The van der Waals surface area contributed by atoms with Gasteiger partial charge in [0.1, 0.15) is 17.3 Å². The topological polar surface area (TPSA) is 34.4 Å². The number of rotatable bonds is 2. The van der Waals surface area contributed by atoms with Crippen molar-refractivity contribution in [3.05, 3.63) is 58.6 Å². The number of carbonyl (C=O) groups excluding carboxylic acids is 1. The maximum atomic E-state index is 13.0. The van der Waals surface area contributed by atoms with Gasteiger partial charge in [-0.3, -0.25) is 9.20 Å². The van der Waals surface area contributed by atoms with Crippen LogP contribution in [0.2, 0.25) is 0 Å². The fourth-order valence-corrected chi connectivity index (χ4v) is 2.56. The molecule has 1 aromatic carbocycles. The van der Waals surface area contributed by atoms with Crippen LogP contribution < -0.4 is 0 Å². The highest BCUT2D eigenvalue weighted by Gasteiger charge is 2.14. The average Bonchev–Trinajstić information content (AvgIpc) is 2.80. The van der Waals surface area contributed by atoms with Crippen LogP contribution in [-0.4, -0.2) is 15.7 Å². The number of halogens is 2. The van der Waals surface area contributed by atoms with E-state index in [0.717, 1.165) is 10.0 Å². The van der Waals surface area contributed by atoms with Crippen molar-refractivity contribution in [2.75, 3.05) is 0 Å². The van der Waals surface area contributed by atoms with Crippen LogP contribution in [0, 0.1) is 5.82 Å². The van der Waals surface area contributed by atoms with E-state index in [4.69, 9.17) is 0 Å². The van der Waals surface area contributed by atoms with Crippen LogP contribution in [0.15, 0.2) is 47.1 Å². The molecule has 0 radical (unpaired) electrons. The molecule has 3 rings (SSSR count). The van der Waals surface area contributed by atoms with Crippen LogP contribution in [0.5, 0.6) is 0 Å². The van der Waals surface area contributed by atoms with Gasteiger partial charge in [-0.05, 0) is 52.3 Å². The molecular formula is C14H8BrFN2O. The molecule has 3 nitrogen and oxygen atoms in total. The van der Waals surface area contributed by atoms with Crippen molar-refractivity contribution >= 4 is 27.7 Å². The lowest BCUT2D eigenvalue weighted by atomic mass is 10.2. The van der Waals surface area contributed by atoms with Gasteiger partial charge in [0.05, 0.1) is 5.52 Å². The van der Waals surface area contributed by atoms with E-state index in [1.807, 2.05) is 18.3 Å². The largest absolute Gasteiger partial charge is 0.298 e. The lowest BCUT2D eigenvalue weighted by molar-refractivity contribution is 0.112. The lowest BCUT2D eigenvalue weighted by Crippen LogP contribution is -1.89. The van der Waals surface area contributed by atoms with Crippen molar-refractivity contribution in [3.8, 4) is 11.4 Å². The first-order valence-corrected chi connectivity index (χ1v) is 6.37. The Morgan fingerprint density at radius 1 is 1.21 bits per heavy atom. The van der Waals surface area contributed by atoms with Gasteiger partial charge in [0.25, 0.3) is 0 Å². The van der Waals surface area contributed by atoms with Crippen LogP contribution in [0.3, 0.4) is 0 Å². The quantitative estimate of drug-likeness (QED) is 0.675. The van der Waals surface area contributed by atoms with E-state index < -0.39 is 0 Å². The predicted molar refractivity (Wildman–Crippen MR) is 73.7 cm³/mol. The van der Waals surface area contributed by atoms with Gasteiger partial charge < -0.3 is 0 Å². The summed E-state index contributed by atoms with van der Waals surface area (Å²) in [7, 11) is 0. The van der Waals surface area contributed by atoms with Crippen LogP contribution in [0.25, 0.3) is 16.9 Å². The Morgan fingerprint density at radius 2 is 1.95 bits per heavy atom. The fourth-order valence-electron chi connectivity index (χ4n) is 2.01. The fraction of sp³-hybridized carbons (Fsp3) is 0. The molecule has 0 aliphatic rings. The number of benzene rings is 1. The molecule has 0 atom stereocenters. The second kappa shape index (κ2) is 4.59. The molecule has 0 fully saturated rings. The first kappa shape index (κ1) is 12.0. The molecule has 0 N–H and O–H groups in total. The molecule has 2 heterocycles. The molecule has 0 bridgehead atoms. The minimum absolute atomic E-state index is 0.304. The summed E-state index contributed by atoms with van der Waals surface area (Å²) in [5.74, 6) is 0.305. The molecule has 0 aliphatic carbocycles. The van der Waals surface area contributed by atoms with Gasteiger partial charge in [0, 0.05) is 16.2 Å². The molecule has 0 spiro atoms. The number of imidazole rings is 1. The molecule has 2 aromatic heterocycles. The molecule has 5 heteroatoms. The van der Waals surface area contributed by atoms with Crippen molar-refractivity contribution in [2.24, 2.45) is 0 Å². The Labute approximate surface area is 116 Å². The normalized spacial score (nSPS) is 10.8. The summed E-state index contributed by atoms with van der Waals surface area (Å²) in [6.45, 7) is 0. The number of fused-ring (bicyclic) bond motifs is 1. The maximum Gasteiger partial charge on any atom is 0.170 e. The van der Waals surface area contributed by atoms with Crippen LogP contribution in [0.1, 0.15) is 10.5 Å². The van der Waals surface area contributed by atoms with E-state index in [2.05, 4.69) is 20.9 Å². The van der Waals surface area contributed by atoms with Crippen LogP contribution in [-0.2, 0) is 0 Å². The zero-order valence-corrected chi connectivity index (χ0v) is 11.3. The molecule has 19 heavy (non-hydrogen) atoms. The summed E-state index contributed by atoms with van der Waals surface area (Å²) in [4.78, 5) is 15.4. The van der Waals surface area contributed by atoms with Crippen molar-refractivity contribution in [2.45, 2.75) is 0 Å². The number of aldehydes is 1. The number of pyridine rings is 1. The van der Waals surface area contributed by atoms with Crippen molar-refractivity contribution < 1.29 is 9.18 Å². The van der Waals surface area contributed by atoms with E-state index in [1.54, 1.807) is 16.5 Å². The third-order valence-corrected chi connectivity index (χ3v) is 3.50. The highest BCUT2D eigenvalue weighted by Crippen LogP contribution is 2.27. The Kier molecular flexibility index (Phi) is 2.91. The summed E-state index contributed by atoms with van der Waals surface area (Å²) in [6, 6.07) is 9.71. The Balaban J connectivity index is 2.33. The van der Waals surface area contributed by atoms with Gasteiger partial charge in [-0.1, -0.05) is 0 Å². The summed E-state index contributed by atoms with van der Waals surface area (Å²) < 4.78 is 15.6. The van der Waals surface area contributed by atoms with Crippen molar-refractivity contribution in [3.63, 3.8) is 0 Å². The Hall–Kier alpha value is -2.01. The highest BCUT2D eigenvalue weighted by atomic mass is 79.9. The van der Waals surface area contributed by atoms with E-state index in [0.29, 0.717) is 23.3 Å². The summed E-state index contributed by atoms with van der Waals surface area (Å²) in [6.07, 6.45) is 2.53. The second-order valence-electron chi connectivity index (χ2n) is 4.02. The minimum atomic E-state index is -0.304. The van der Waals surface area contributed by atoms with Crippen molar-refractivity contribution in [1.29, 1.82) is 0 Å². The highest BCUT2D eigenvalue weighted by molar-refractivity contribution is 9.10. The van der Waals surface area contributed by atoms with Crippen LogP contribution >= 0.6 is 15.9 Å².